The van der Waals surface area contributed by atoms with Crippen LogP contribution >= 0.6 is 0 Å². The Bertz CT molecular complexity index is 514. The molecule has 1 aromatic carbocycles. The first-order valence-corrected chi connectivity index (χ1v) is 6.43. The molecule has 1 atom stereocenters. The molecule has 2 heteroatoms. The maximum Gasteiger partial charge on any atom is 0.103 e. The SMILES string of the molecule is Cc1cc(C)c(C(N)CCc2ccco2)cc1C. The van der Waals surface area contributed by atoms with Gasteiger partial charge in [0.25, 0.3) is 0 Å². The Labute approximate surface area is 109 Å². The van der Waals surface area contributed by atoms with Crippen molar-refractivity contribution in [3.05, 3.63) is 58.5 Å². The molecule has 2 nitrogen and oxygen atoms in total. The quantitative estimate of drug-likeness (QED) is 0.886. The van der Waals surface area contributed by atoms with E-state index in [9.17, 15) is 0 Å². The lowest BCUT2D eigenvalue weighted by Crippen LogP contribution is -2.13. The van der Waals surface area contributed by atoms with Gasteiger partial charge in [-0.25, -0.2) is 0 Å². The average Bonchev–Trinajstić information content (AvgIpc) is 2.84. The van der Waals surface area contributed by atoms with Gasteiger partial charge in [0.15, 0.2) is 0 Å². The standard InChI is InChI=1S/C16H21NO/c1-11-9-13(3)15(10-12(11)2)16(17)7-6-14-5-4-8-18-14/h4-5,8-10,16H,6-7,17H2,1-3H3. The van der Waals surface area contributed by atoms with Crippen LogP contribution in [0.4, 0.5) is 0 Å². The Morgan fingerprint density at radius 2 is 1.83 bits per heavy atom. The minimum Gasteiger partial charge on any atom is -0.469 e. The van der Waals surface area contributed by atoms with Gasteiger partial charge >= 0.3 is 0 Å². The number of rotatable bonds is 4. The van der Waals surface area contributed by atoms with Crippen molar-refractivity contribution in [3.63, 3.8) is 0 Å². The van der Waals surface area contributed by atoms with Crippen molar-refractivity contribution in [2.75, 3.05) is 0 Å². The van der Waals surface area contributed by atoms with E-state index in [1.165, 1.54) is 22.3 Å². The first-order valence-electron chi connectivity index (χ1n) is 6.43. The molecular weight excluding hydrogens is 222 g/mol. The van der Waals surface area contributed by atoms with Crippen LogP contribution in [0.1, 0.15) is 40.5 Å². The van der Waals surface area contributed by atoms with Crippen LogP contribution in [0, 0.1) is 20.8 Å². The Balaban J connectivity index is 2.09. The van der Waals surface area contributed by atoms with E-state index < -0.39 is 0 Å². The number of benzene rings is 1. The number of hydrogen-bond acceptors (Lipinski definition) is 2. The highest BCUT2D eigenvalue weighted by Gasteiger charge is 2.11. The van der Waals surface area contributed by atoms with Crippen LogP contribution in [0.3, 0.4) is 0 Å². The summed E-state index contributed by atoms with van der Waals surface area (Å²) in [7, 11) is 0. The van der Waals surface area contributed by atoms with Crippen molar-refractivity contribution in [3.8, 4) is 0 Å². The molecule has 1 aromatic heterocycles. The highest BCUT2D eigenvalue weighted by atomic mass is 16.3. The van der Waals surface area contributed by atoms with Crippen LogP contribution in [-0.2, 0) is 6.42 Å². The number of furan rings is 1. The normalized spacial score (nSPS) is 12.7. The second-order valence-electron chi connectivity index (χ2n) is 5.02. The molecule has 2 N–H and O–H groups in total. The molecule has 0 spiro atoms. The topological polar surface area (TPSA) is 39.2 Å². The van der Waals surface area contributed by atoms with Gasteiger partial charge in [-0.2, -0.15) is 0 Å². The maximum absolute atomic E-state index is 6.29. The molecule has 0 fully saturated rings. The molecule has 96 valence electrons. The van der Waals surface area contributed by atoms with Crippen LogP contribution < -0.4 is 5.73 Å². The second-order valence-corrected chi connectivity index (χ2v) is 5.02. The first-order chi connectivity index (χ1) is 8.58. The van der Waals surface area contributed by atoms with Crippen LogP contribution in [0.25, 0.3) is 0 Å². The zero-order chi connectivity index (χ0) is 13.1. The fourth-order valence-corrected chi connectivity index (χ4v) is 2.29. The lowest BCUT2D eigenvalue weighted by molar-refractivity contribution is 0.488. The van der Waals surface area contributed by atoms with Crippen LogP contribution in [0.2, 0.25) is 0 Å². The third kappa shape index (κ3) is 2.82. The molecule has 0 amide bonds. The van der Waals surface area contributed by atoms with E-state index in [4.69, 9.17) is 10.2 Å². The second kappa shape index (κ2) is 5.40. The van der Waals surface area contributed by atoms with Gasteiger partial charge in [-0.05, 0) is 61.6 Å². The van der Waals surface area contributed by atoms with E-state index >= 15 is 0 Å². The Morgan fingerprint density at radius 3 is 2.50 bits per heavy atom. The summed E-state index contributed by atoms with van der Waals surface area (Å²) in [6.45, 7) is 6.41. The summed E-state index contributed by atoms with van der Waals surface area (Å²) in [5.74, 6) is 1.01. The van der Waals surface area contributed by atoms with Gasteiger partial charge in [0.05, 0.1) is 6.26 Å². The summed E-state index contributed by atoms with van der Waals surface area (Å²) in [5, 5.41) is 0. The monoisotopic (exact) mass is 243 g/mol. The van der Waals surface area contributed by atoms with E-state index in [-0.39, 0.29) is 6.04 Å². The van der Waals surface area contributed by atoms with Crippen molar-refractivity contribution in [1.29, 1.82) is 0 Å². The lowest BCUT2D eigenvalue weighted by atomic mass is 9.94. The molecule has 0 aliphatic rings. The van der Waals surface area contributed by atoms with E-state index in [2.05, 4.69) is 32.9 Å². The van der Waals surface area contributed by atoms with E-state index in [0.29, 0.717) is 0 Å². The first kappa shape index (κ1) is 12.9. The molecular formula is C16H21NO. The lowest BCUT2D eigenvalue weighted by Gasteiger charge is -2.16. The zero-order valence-corrected chi connectivity index (χ0v) is 11.4. The molecule has 0 saturated heterocycles. The molecule has 0 radical (unpaired) electrons. The van der Waals surface area contributed by atoms with Crippen LogP contribution in [0.15, 0.2) is 34.9 Å². The number of hydrogen-bond donors (Lipinski definition) is 1. The van der Waals surface area contributed by atoms with Crippen molar-refractivity contribution in [2.24, 2.45) is 5.73 Å². The van der Waals surface area contributed by atoms with Gasteiger partial charge in [0.1, 0.15) is 5.76 Å². The number of nitrogens with two attached hydrogens (primary N) is 1. The van der Waals surface area contributed by atoms with Crippen LogP contribution in [0.5, 0.6) is 0 Å². The summed E-state index contributed by atoms with van der Waals surface area (Å²) in [6.07, 6.45) is 3.51. The molecule has 18 heavy (non-hydrogen) atoms. The molecule has 0 saturated carbocycles. The third-order valence-electron chi connectivity index (χ3n) is 3.56. The maximum atomic E-state index is 6.29. The van der Waals surface area contributed by atoms with Crippen molar-refractivity contribution >= 4 is 0 Å². The van der Waals surface area contributed by atoms with Gasteiger partial charge in [0.2, 0.25) is 0 Å². The Kier molecular flexibility index (Phi) is 3.87. The zero-order valence-electron chi connectivity index (χ0n) is 11.4. The van der Waals surface area contributed by atoms with Gasteiger partial charge in [-0.1, -0.05) is 12.1 Å². The Morgan fingerprint density at radius 1 is 1.11 bits per heavy atom. The van der Waals surface area contributed by atoms with Crippen molar-refractivity contribution in [1.82, 2.24) is 0 Å². The third-order valence-corrected chi connectivity index (χ3v) is 3.56. The minimum atomic E-state index is 0.0781. The predicted molar refractivity (Wildman–Crippen MR) is 74.6 cm³/mol. The van der Waals surface area contributed by atoms with E-state index in [0.717, 1.165) is 18.6 Å². The fraction of sp³-hybridized carbons (Fsp3) is 0.375. The average molecular weight is 243 g/mol. The van der Waals surface area contributed by atoms with Crippen molar-refractivity contribution < 1.29 is 4.42 Å². The van der Waals surface area contributed by atoms with Gasteiger partial charge in [-0.3, -0.25) is 0 Å². The fourth-order valence-electron chi connectivity index (χ4n) is 2.29. The van der Waals surface area contributed by atoms with Crippen molar-refractivity contribution in [2.45, 2.75) is 39.7 Å². The Hall–Kier alpha value is -1.54. The molecule has 2 aromatic rings. The van der Waals surface area contributed by atoms with E-state index in [1.807, 2.05) is 12.1 Å². The predicted octanol–water partition coefficient (Wildman–Crippen LogP) is 3.84. The minimum absolute atomic E-state index is 0.0781. The molecule has 2 rings (SSSR count). The van der Waals surface area contributed by atoms with Gasteiger partial charge < -0.3 is 10.2 Å². The summed E-state index contributed by atoms with van der Waals surface area (Å²) in [5.41, 5.74) is 11.5. The number of aryl methyl sites for hydroxylation is 4. The molecule has 0 aliphatic heterocycles. The smallest absolute Gasteiger partial charge is 0.103 e. The largest absolute Gasteiger partial charge is 0.469 e. The van der Waals surface area contributed by atoms with Crippen LogP contribution in [-0.4, -0.2) is 0 Å². The summed E-state index contributed by atoms with van der Waals surface area (Å²) in [4.78, 5) is 0. The summed E-state index contributed by atoms with van der Waals surface area (Å²) < 4.78 is 5.34. The molecule has 1 heterocycles. The highest BCUT2D eigenvalue weighted by molar-refractivity contribution is 5.38. The van der Waals surface area contributed by atoms with E-state index in [1.54, 1.807) is 6.26 Å². The summed E-state index contributed by atoms with van der Waals surface area (Å²) >= 11 is 0. The van der Waals surface area contributed by atoms with Gasteiger partial charge in [-0.15, -0.1) is 0 Å². The molecule has 0 bridgehead atoms. The highest BCUT2D eigenvalue weighted by Crippen LogP contribution is 2.23. The van der Waals surface area contributed by atoms with Gasteiger partial charge in [0, 0.05) is 12.5 Å². The summed E-state index contributed by atoms with van der Waals surface area (Å²) in [6, 6.07) is 8.44. The molecule has 1 unspecified atom stereocenters. The molecule has 0 aliphatic carbocycles.